The van der Waals surface area contributed by atoms with Crippen molar-refractivity contribution < 1.29 is 4.42 Å². The maximum absolute atomic E-state index is 6.96. The lowest BCUT2D eigenvalue weighted by Gasteiger charge is -2.22. The molecule has 0 saturated heterocycles. The molecule has 1 aliphatic rings. The van der Waals surface area contributed by atoms with E-state index in [4.69, 9.17) is 14.4 Å². The van der Waals surface area contributed by atoms with E-state index in [1.807, 2.05) is 6.20 Å². The Morgan fingerprint density at radius 2 is 0.879 bits per heavy atom. The van der Waals surface area contributed by atoms with Crippen LogP contribution in [-0.2, 0) is 5.41 Å². The minimum Gasteiger partial charge on any atom is -0.455 e. The molecule has 0 bridgehead atoms. The first-order valence-electron chi connectivity index (χ1n) is 20.0. The van der Waals surface area contributed by atoms with Crippen LogP contribution < -0.4 is 0 Å². The number of para-hydroxylation sites is 2. The van der Waals surface area contributed by atoms with Crippen LogP contribution in [-0.4, -0.2) is 9.97 Å². The van der Waals surface area contributed by atoms with Gasteiger partial charge in [0.25, 0.3) is 0 Å². The molecule has 3 nitrogen and oxygen atoms in total. The smallest absolute Gasteiger partial charge is 0.143 e. The lowest BCUT2D eigenvalue weighted by molar-refractivity contribution is 0.660. The molecule has 9 aromatic carbocycles. The maximum atomic E-state index is 6.96. The second-order valence-electron chi connectivity index (χ2n) is 16.1. The van der Waals surface area contributed by atoms with Gasteiger partial charge in [-0.1, -0.05) is 172 Å². The molecule has 0 amide bonds. The van der Waals surface area contributed by atoms with Crippen LogP contribution >= 0.6 is 0 Å². The topological polar surface area (TPSA) is 38.9 Å². The Kier molecular flexibility index (Phi) is 6.98. The van der Waals surface area contributed by atoms with Crippen LogP contribution in [0.15, 0.2) is 187 Å². The summed E-state index contributed by atoms with van der Waals surface area (Å²) in [7, 11) is 0. The fraction of sp³-hybridized carbons (Fsp3) is 0.0545. The van der Waals surface area contributed by atoms with Gasteiger partial charge in [-0.05, 0) is 73.5 Å². The number of rotatable bonds is 4. The maximum Gasteiger partial charge on any atom is 0.143 e. The summed E-state index contributed by atoms with van der Waals surface area (Å²) >= 11 is 0. The van der Waals surface area contributed by atoms with Gasteiger partial charge in [0.15, 0.2) is 0 Å². The molecule has 12 rings (SSSR count). The third-order valence-electron chi connectivity index (χ3n) is 12.5. The molecule has 2 heterocycles. The van der Waals surface area contributed by atoms with Crippen molar-refractivity contribution in [1.29, 1.82) is 0 Å². The van der Waals surface area contributed by atoms with E-state index in [2.05, 4.69) is 190 Å². The van der Waals surface area contributed by atoms with E-state index in [0.717, 1.165) is 82.8 Å². The van der Waals surface area contributed by atoms with Crippen molar-refractivity contribution in [3.05, 3.63) is 193 Å². The second kappa shape index (κ2) is 12.3. The van der Waals surface area contributed by atoms with Crippen LogP contribution in [0.2, 0.25) is 0 Å². The molecule has 0 N–H and O–H groups in total. The molecule has 2 aromatic heterocycles. The van der Waals surface area contributed by atoms with E-state index in [1.54, 1.807) is 0 Å². The van der Waals surface area contributed by atoms with Gasteiger partial charge >= 0.3 is 0 Å². The van der Waals surface area contributed by atoms with Gasteiger partial charge in [0.1, 0.15) is 11.2 Å². The molecule has 11 aromatic rings. The van der Waals surface area contributed by atoms with Crippen LogP contribution in [0.4, 0.5) is 0 Å². The van der Waals surface area contributed by atoms with Gasteiger partial charge in [0, 0.05) is 43.7 Å². The van der Waals surface area contributed by atoms with Crippen molar-refractivity contribution in [1.82, 2.24) is 9.97 Å². The number of nitrogens with zero attached hydrogens (tertiary/aromatic N) is 2. The number of fused-ring (bicyclic) bond motifs is 12. The van der Waals surface area contributed by atoms with E-state index in [0.29, 0.717) is 0 Å². The molecule has 0 radical (unpaired) electrons. The first-order valence-corrected chi connectivity index (χ1v) is 20.0. The van der Waals surface area contributed by atoms with Gasteiger partial charge in [-0.3, -0.25) is 4.98 Å². The number of furan rings is 1. The Morgan fingerprint density at radius 1 is 0.379 bits per heavy atom. The number of hydrogen-bond donors (Lipinski definition) is 0. The molecule has 0 atom stereocenters. The van der Waals surface area contributed by atoms with Crippen molar-refractivity contribution in [3.8, 4) is 55.8 Å². The second-order valence-corrected chi connectivity index (χ2v) is 16.1. The van der Waals surface area contributed by atoms with Gasteiger partial charge < -0.3 is 4.42 Å². The van der Waals surface area contributed by atoms with Crippen molar-refractivity contribution in [2.75, 3.05) is 0 Å². The van der Waals surface area contributed by atoms with E-state index in [9.17, 15) is 0 Å². The Balaban J connectivity index is 0.939. The third kappa shape index (κ3) is 4.80. The van der Waals surface area contributed by atoms with Gasteiger partial charge in [-0.2, -0.15) is 0 Å². The van der Waals surface area contributed by atoms with Crippen molar-refractivity contribution >= 4 is 54.5 Å². The van der Waals surface area contributed by atoms with Crippen LogP contribution in [0, 0.1) is 0 Å². The summed E-state index contributed by atoms with van der Waals surface area (Å²) in [5.74, 6) is 0. The molecular formula is C55H36N2O. The van der Waals surface area contributed by atoms with E-state index in [1.165, 1.54) is 38.6 Å². The molecule has 0 aliphatic heterocycles. The molecule has 272 valence electrons. The highest BCUT2D eigenvalue weighted by Crippen LogP contribution is 2.50. The SMILES string of the molecule is CC1(C)c2ccccc2-c2ccc(-c3cccc4c3oc3c(-c5cccc(-c6cccc(-c7cnc8c9ccccc9c9ccccc9c8n7)c6)c5)cccc34)cc21. The molecule has 0 unspecified atom stereocenters. The Bertz CT molecular complexity index is 3460. The van der Waals surface area contributed by atoms with Crippen LogP contribution in [0.1, 0.15) is 25.0 Å². The predicted octanol–water partition coefficient (Wildman–Crippen LogP) is 14.8. The Morgan fingerprint density at radius 3 is 1.59 bits per heavy atom. The largest absolute Gasteiger partial charge is 0.455 e. The minimum absolute atomic E-state index is 0.0749. The average Bonchev–Trinajstić information content (AvgIpc) is 3.78. The summed E-state index contributed by atoms with van der Waals surface area (Å²) in [6.45, 7) is 4.67. The first kappa shape index (κ1) is 32.8. The summed E-state index contributed by atoms with van der Waals surface area (Å²) in [5.41, 5.74) is 17.6. The monoisotopic (exact) mass is 740 g/mol. The van der Waals surface area contributed by atoms with Crippen LogP contribution in [0.3, 0.4) is 0 Å². The molecule has 0 saturated carbocycles. The molecule has 3 heteroatoms. The Labute approximate surface area is 335 Å². The number of aromatic nitrogens is 2. The van der Waals surface area contributed by atoms with E-state index < -0.39 is 0 Å². The van der Waals surface area contributed by atoms with Crippen molar-refractivity contribution in [2.45, 2.75) is 19.3 Å². The lowest BCUT2D eigenvalue weighted by Crippen LogP contribution is -2.14. The van der Waals surface area contributed by atoms with Crippen molar-refractivity contribution in [3.63, 3.8) is 0 Å². The van der Waals surface area contributed by atoms with Gasteiger partial charge in [0.05, 0.1) is 22.9 Å². The van der Waals surface area contributed by atoms with Gasteiger partial charge in [0.2, 0.25) is 0 Å². The minimum atomic E-state index is -0.0749. The molecule has 0 fully saturated rings. The van der Waals surface area contributed by atoms with Crippen LogP contribution in [0.5, 0.6) is 0 Å². The summed E-state index contributed by atoms with van der Waals surface area (Å²) in [6, 6.07) is 63.2. The number of benzene rings is 9. The zero-order chi connectivity index (χ0) is 38.5. The highest BCUT2D eigenvalue weighted by Gasteiger charge is 2.35. The Hall–Kier alpha value is -7.36. The summed E-state index contributed by atoms with van der Waals surface area (Å²) < 4.78 is 6.96. The predicted molar refractivity (Wildman–Crippen MR) is 241 cm³/mol. The van der Waals surface area contributed by atoms with E-state index >= 15 is 0 Å². The highest BCUT2D eigenvalue weighted by atomic mass is 16.3. The summed E-state index contributed by atoms with van der Waals surface area (Å²) in [6.07, 6.45) is 1.91. The van der Waals surface area contributed by atoms with Crippen LogP contribution in [0.25, 0.3) is 110 Å². The zero-order valence-corrected chi connectivity index (χ0v) is 32.1. The zero-order valence-electron chi connectivity index (χ0n) is 32.1. The fourth-order valence-corrected chi connectivity index (χ4v) is 9.63. The van der Waals surface area contributed by atoms with Crippen molar-refractivity contribution in [2.24, 2.45) is 0 Å². The highest BCUT2D eigenvalue weighted by molar-refractivity contribution is 6.23. The quantitative estimate of drug-likeness (QED) is 0.169. The summed E-state index contributed by atoms with van der Waals surface area (Å²) in [5, 5.41) is 6.86. The van der Waals surface area contributed by atoms with Gasteiger partial charge in [-0.15, -0.1) is 0 Å². The number of hydrogen-bond acceptors (Lipinski definition) is 3. The summed E-state index contributed by atoms with van der Waals surface area (Å²) in [4.78, 5) is 10.3. The molecular weight excluding hydrogens is 705 g/mol. The molecule has 0 spiro atoms. The first-order chi connectivity index (χ1) is 28.5. The normalized spacial score (nSPS) is 13.1. The van der Waals surface area contributed by atoms with Gasteiger partial charge in [-0.25, -0.2) is 4.98 Å². The third-order valence-corrected chi connectivity index (χ3v) is 12.5. The average molecular weight is 741 g/mol. The van der Waals surface area contributed by atoms with E-state index in [-0.39, 0.29) is 5.41 Å². The molecule has 58 heavy (non-hydrogen) atoms. The standard InChI is InChI=1S/C55H36N2O/c1-55(2)48-26-8-7-19-42(48)43-28-27-36(31-49(43)55)39-23-12-25-47-46-24-11-22-38(53(46)58-54(39)47)35-15-9-13-33(29-35)34-14-10-16-37(30-34)50-32-56-51-44-20-5-3-17-40(44)41-18-4-6-21-45(41)52(51)57-50/h3-32H,1-2H3. The molecule has 1 aliphatic carbocycles. The lowest BCUT2D eigenvalue weighted by atomic mass is 9.81. The fourth-order valence-electron chi connectivity index (χ4n) is 9.63.